The molecule has 0 aliphatic heterocycles. The predicted molar refractivity (Wildman–Crippen MR) is 92.2 cm³/mol. The number of rotatable bonds is 4. The number of nitrogens with one attached hydrogen (secondary N) is 1. The van der Waals surface area contributed by atoms with Gasteiger partial charge in [0.15, 0.2) is 0 Å². The minimum absolute atomic E-state index is 0.0307. The molecule has 1 saturated carbocycles. The Labute approximate surface area is 140 Å². The van der Waals surface area contributed by atoms with Gasteiger partial charge in [-0.15, -0.1) is 11.3 Å². The minimum atomic E-state index is -0.317. The van der Waals surface area contributed by atoms with E-state index < -0.39 is 0 Å². The topological polar surface area (TPSA) is 62.2 Å². The summed E-state index contributed by atoms with van der Waals surface area (Å²) in [4.78, 5) is 17.7. The second-order valence-electron chi connectivity index (χ2n) is 6.28. The zero-order valence-corrected chi connectivity index (χ0v) is 14.3. The molecule has 4 nitrogen and oxygen atoms in total. The Hall–Kier alpha value is -1.72. The molecule has 1 fully saturated rings. The van der Waals surface area contributed by atoms with Gasteiger partial charge in [0.05, 0.1) is 28.2 Å². The maximum Gasteiger partial charge on any atom is 0.223 e. The average molecular weight is 330 g/mol. The number of amides is 1. The zero-order valence-electron chi connectivity index (χ0n) is 13.5. The van der Waals surface area contributed by atoms with Crippen molar-refractivity contribution in [2.24, 2.45) is 5.92 Å². The molecule has 2 N–H and O–H groups in total. The molecule has 1 aromatic heterocycles. The van der Waals surface area contributed by atoms with Crippen LogP contribution in [-0.4, -0.2) is 22.1 Å². The zero-order chi connectivity index (χ0) is 16.4. The summed E-state index contributed by atoms with van der Waals surface area (Å²) in [5.74, 6) is 0.00277. The van der Waals surface area contributed by atoms with Crippen molar-refractivity contribution >= 4 is 17.2 Å². The van der Waals surface area contributed by atoms with Crippen LogP contribution < -0.4 is 5.32 Å². The van der Waals surface area contributed by atoms with Crippen molar-refractivity contribution in [1.82, 2.24) is 10.3 Å². The van der Waals surface area contributed by atoms with E-state index in [1.165, 1.54) is 4.88 Å². The van der Waals surface area contributed by atoms with E-state index >= 15 is 0 Å². The molecule has 3 atom stereocenters. The molecular formula is C18H22N2O2S. The van der Waals surface area contributed by atoms with Gasteiger partial charge in [-0.3, -0.25) is 4.79 Å². The van der Waals surface area contributed by atoms with Crippen LogP contribution in [0, 0.1) is 12.8 Å². The highest BCUT2D eigenvalue weighted by atomic mass is 32.1. The number of carbonyl (C=O) groups excluding carboxylic acids is 1. The summed E-state index contributed by atoms with van der Waals surface area (Å²) in [5, 5.41) is 12.6. The lowest BCUT2D eigenvalue weighted by Gasteiger charge is -2.17. The van der Waals surface area contributed by atoms with E-state index in [1.807, 2.05) is 19.4 Å². The van der Waals surface area contributed by atoms with E-state index in [1.54, 1.807) is 11.3 Å². The first kappa shape index (κ1) is 16.1. The summed E-state index contributed by atoms with van der Waals surface area (Å²) in [5.41, 5.74) is 5.15. The van der Waals surface area contributed by atoms with Gasteiger partial charge in [0, 0.05) is 5.92 Å². The largest absolute Gasteiger partial charge is 0.393 e. The summed E-state index contributed by atoms with van der Waals surface area (Å²) < 4.78 is 0. The molecule has 122 valence electrons. The molecule has 5 heteroatoms. The van der Waals surface area contributed by atoms with Crippen molar-refractivity contribution in [3.8, 4) is 10.4 Å². The van der Waals surface area contributed by atoms with Gasteiger partial charge < -0.3 is 10.4 Å². The molecular weight excluding hydrogens is 308 g/mol. The first-order chi connectivity index (χ1) is 11.0. The van der Waals surface area contributed by atoms with E-state index in [4.69, 9.17) is 0 Å². The number of aliphatic hydroxyl groups is 1. The van der Waals surface area contributed by atoms with Crippen LogP contribution in [0.1, 0.15) is 43.5 Å². The monoisotopic (exact) mass is 330 g/mol. The molecule has 0 spiro atoms. The van der Waals surface area contributed by atoms with Gasteiger partial charge in [-0.05, 0) is 44.2 Å². The van der Waals surface area contributed by atoms with Crippen molar-refractivity contribution in [1.29, 1.82) is 0 Å². The Morgan fingerprint density at radius 3 is 2.65 bits per heavy atom. The maximum absolute atomic E-state index is 12.2. The summed E-state index contributed by atoms with van der Waals surface area (Å²) >= 11 is 1.64. The standard InChI is InChI=1S/C18H22N2O2S/c1-11(20-18(22)15-7-8-16(21)9-15)13-3-5-14(6-4-13)17-12(2)19-10-23-17/h3-6,10-11,15-16,21H,7-9H2,1-2H3,(H,20,22)/t11-,15-,16-/m0/s1. The first-order valence-electron chi connectivity index (χ1n) is 8.03. The van der Waals surface area contributed by atoms with Crippen molar-refractivity contribution in [2.45, 2.75) is 45.3 Å². The Kier molecular flexibility index (Phi) is 4.78. The van der Waals surface area contributed by atoms with Gasteiger partial charge in [0.2, 0.25) is 5.91 Å². The molecule has 1 aliphatic rings. The highest BCUT2D eigenvalue weighted by Gasteiger charge is 2.29. The Morgan fingerprint density at radius 2 is 2.09 bits per heavy atom. The molecule has 1 aromatic carbocycles. The summed E-state index contributed by atoms with van der Waals surface area (Å²) in [7, 11) is 0. The molecule has 0 radical (unpaired) electrons. The SMILES string of the molecule is Cc1ncsc1-c1ccc([C@H](C)NC(=O)[C@H]2CC[C@H](O)C2)cc1. The fourth-order valence-electron chi connectivity index (χ4n) is 3.11. The van der Waals surface area contributed by atoms with Crippen molar-refractivity contribution < 1.29 is 9.90 Å². The predicted octanol–water partition coefficient (Wildman–Crippen LogP) is 3.46. The highest BCUT2D eigenvalue weighted by molar-refractivity contribution is 7.13. The highest BCUT2D eigenvalue weighted by Crippen LogP contribution is 2.29. The third-order valence-electron chi connectivity index (χ3n) is 4.55. The number of nitrogens with zero attached hydrogens (tertiary/aromatic N) is 1. The molecule has 0 unspecified atom stereocenters. The van der Waals surface area contributed by atoms with E-state index in [9.17, 15) is 9.90 Å². The third kappa shape index (κ3) is 3.62. The van der Waals surface area contributed by atoms with Crippen LogP contribution >= 0.6 is 11.3 Å². The second kappa shape index (κ2) is 6.81. The van der Waals surface area contributed by atoms with Gasteiger partial charge >= 0.3 is 0 Å². The van der Waals surface area contributed by atoms with Crippen LogP contribution in [0.25, 0.3) is 10.4 Å². The average Bonchev–Trinajstić information content (AvgIpc) is 3.16. The number of aryl methyl sites for hydroxylation is 1. The number of thiazole rings is 1. The van der Waals surface area contributed by atoms with Gasteiger partial charge in [0.25, 0.3) is 0 Å². The van der Waals surface area contributed by atoms with Crippen molar-refractivity contribution in [2.75, 3.05) is 0 Å². The maximum atomic E-state index is 12.2. The van der Waals surface area contributed by atoms with Gasteiger partial charge in [-0.1, -0.05) is 24.3 Å². The molecule has 2 aromatic rings. The van der Waals surface area contributed by atoms with E-state index in [-0.39, 0.29) is 24.0 Å². The summed E-state index contributed by atoms with van der Waals surface area (Å²) in [6, 6.07) is 8.25. The third-order valence-corrected chi connectivity index (χ3v) is 5.53. The van der Waals surface area contributed by atoms with E-state index in [2.05, 4.69) is 34.6 Å². The quantitative estimate of drug-likeness (QED) is 0.902. The van der Waals surface area contributed by atoms with Gasteiger partial charge in [-0.25, -0.2) is 4.98 Å². The normalized spacial score (nSPS) is 22.0. The summed E-state index contributed by atoms with van der Waals surface area (Å²) in [6.07, 6.45) is 1.78. The fourth-order valence-corrected chi connectivity index (χ4v) is 3.92. The summed E-state index contributed by atoms with van der Waals surface area (Å²) in [6.45, 7) is 4.01. The fraction of sp³-hybridized carbons (Fsp3) is 0.444. The van der Waals surface area contributed by atoms with Crippen LogP contribution in [0.5, 0.6) is 0 Å². The molecule has 23 heavy (non-hydrogen) atoms. The van der Waals surface area contributed by atoms with Crippen LogP contribution in [0.15, 0.2) is 29.8 Å². The van der Waals surface area contributed by atoms with Crippen LogP contribution in [-0.2, 0) is 4.79 Å². The Bertz CT molecular complexity index is 681. The lowest BCUT2D eigenvalue weighted by Crippen LogP contribution is -2.32. The number of aromatic nitrogens is 1. The van der Waals surface area contributed by atoms with Crippen molar-refractivity contribution in [3.05, 3.63) is 41.0 Å². The molecule has 3 rings (SSSR count). The van der Waals surface area contributed by atoms with Crippen molar-refractivity contribution in [3.63, 3.8) is 0 Å². The molecule has 0 bridgehead atoms. The Morgan fingerprint density at radius 1 is 1.35 bits per heavy atom. The molecule has 0 saturated heterocycles. The van der Waals surface area contributed by atoms with Gasteiger partial charge in [0.1, 0.15) is 0 Å². The first-order valence-corrected chi connectivity index (χ1v) is 8.91. The number of hydrogen-bond donors (Lipinski definition) is 2. The lowest BCUT2D eigenvalue weighted by molar-refractivity contribution is -0.125. The number of hydrogen-bond acceptors (Lipinski definition) is 4. The van der Waals surface area contributed by atoms with Crippen LogP contribution in [0.4, 0.5) is 0 Å². The molecule has 1 heterocycles. The lowest BCUT2D eigenvalue weighted by atomic mass is 10.0. The number of aliphatic hydroxyl groups excluding tert-OH is 1. The molecule has 1 amide bonds. The van der Waals surface area contributed by atoms with Gasteiger partial charge in [-0.2, -0.15) is 0 Å². The van der Waals surface area contributed by atoms with E-state index in [0.29, 0.717) is 6.42 Å². The minimum Gasteiger partial charge on any atom is -0.393 e. The van der Waals surface area contributed by atoms with Crippen LogP contribution in [0.3, 0.4) is 0 Å². The Balaban J connectivity index is 1.65. The van der Waals surface area contributed by atoms with E-state index in [0.717, 1.165) is 29.7 Å². The second-order valence-corrected chi connectivity index (χ2v) is 7.14. The number of benzene rings is 1. The number of carbonyl (C=O) groups is 1. The smallest absolute Gasteiger partial charge is 0.223 e. The van der Waals surface area contributed by atoms with Crippen LogP contribution in [0.2, 0.25) is 0 Å². The molecule has 1 aliphatic carbocycles.